The van der Waals surface area contributed by atoms with Crippen molar-refractivity contribution in [1.29, 1.82) is 0 Å². The average Bonchev–Trinajstić information content (AvgIpc) is 3.16. The van der Waals surface area contributed by atoms with Crippen molar-refractivity contribution < 1.29 is 23.9 Å². The van der Waals surface area contributed by atoms with E-state index >= 15 is 0 Å². The van der Waals surface area contributed by atoms with E-state index in [9.17, 15) is 19.2 Å². The van der Waals surface area contributed by atoms with Gasteiger partial charge in [-0.3, -0.25) is 19.3 Å². The summed E-state index contributed by atoms with van der Waals surface area (Å²) in [5.74, 6) is -1.50. The van der Waals surface area contributed by atoms with Crippen LogP contribution in [-0.2, 0) is 19.1 Å². The molecule has 0 N–H and O–H groups in total. The van der Waals surface area contributed by atoms with Gasteiger partial charge in [0.05, 0.1) is 11.3 Å². The highest BCUT2D eigenvalue weighted by Gasteiger charge is 2.32. The van der Waals surface area contributed by atoms with Gasteiger partial charge in [0, 0.05) is 31.5 Å². The van der Waals surface area contributed by atoms with Crippen LogP contribution in [0, 0.1) is 0 Å². The second-order valence-electron chi connectivity index (χ2n) is 7.76. The number of likely N-dealkylation sites (tertiary alicyclic amines) is 1. The molecule has 2 aliphatic heterocycles. The molecule has 2 heterocycles. The van der Waals surface area contributed by atoms with Gasteiger partial charge in [-0.15, -0.1) is 0 Å². The normalized spacial score (nSPS) is 17.5. The Labute approximate surface area is 180 Å². The number of imide groups is 1. The van der Waals surface area contributed by atoms with E-state index in [0.717, 1.165) is 24.2 Å². The molecule has 2 saturated heterocycles. The van der Waals surface area contributed by atoms with Crippen LogP contribution < -0.4 is 4.90 Å². The molecule has 7 nitrogen and oxygen atoms in total. The number of carbonyl (C=O) groups excluding carboxylic acids is 4. The van der Waals surface area contributed by atoms with Gasteiger partial charge in [0.25, 0.3) is 5.91 Å². The maximum Gasteiger partial charge on any atom is 0.339 e. The van der Waals surface area contributed by atoms with Crippen molar-refractivity contribution >= 4 is 29.4 Å². The van der Waals surface area contributed by atoms with E-state index in [4.69, 9.17) is 4.74 Å². The molecule has 7 heteroatoms. The molecule has 3 amide bonds. The monoisotopic (exact) mass is 420 g/mol. The van der Waals surface area contributed by atoms with Gasteiger partial charge in [-0.1, -0.05) is 36.4 Å². The Bertz CT molecular complexity index is 982. The summed E-state index contributed by atoms with van der Waals surface area (Å²) in [6.07, 6.45) is 2.22. The minimum absolute atomic E-state index is 0.161. The van der Waals surface area contributed by atoms with Gasteiger partial charge < -0.3 is 9.64 Å². The quantitative estimate of drug-likeness (QED) is 0.548. The largest absolute Gasteiger partial charge is 0.444 e. The molecule has 2 fully saturated rings. The number of ether oxygens (including phenoxy) is 1. The van der Waals surface area contributed by atoms with Crippen LogP contribution in [0.15, 0.2) is 54.6 Å². The minimum Gasteiger partial charge on any atom is -0.444 e. The van der Waals surface area contributed by atoms with Crippen LogP contribution >= 0.6 is 0 Å². The average molecular weight is 420 g/mol. The van der Waals surface area contributed by atoms with Crippen LogP contribution in [0.1, 0.15) is 54.1 Å². The fourth-order valence-electron chi connectivity index (χ4n) is 3.98. The number of esters is 1. The summed E-state index contributed by atoms with van der Waals surface area (Å²) in [5, 5.41) is 0. The van der Waals surface area contributed by atoms with E-state index in [2.05, 4.69) is 0 Å². The van der Waals surface area contributed by atoms with Crippen molar-refractivity contribution in [2.24, 2.45) is 0 Å². The maximum absolute atomic E-state index is 13.2. The van der Waals surface area contributed by atoms with Crippen LogP contribution in [0.4, 0.5) is 5.69 Å². The van der Waals surface area contributed by atoms with Gasteiger partial charge in [0.15, 0.2) is 0 Å². The summed E-state index contributed by atoms with van der Waals surface area (Å²) in [6.45, 7) is 1.29. The molecule has 4 rings (SSSR count). The number of benzene rings is 2. The third kappa shape index (κ3) is 4.50. The van der Waals surface area contributed by atoms with Gasteiger partial charge in [0.1, 0.15) is 0 Å². The Balaban J connectivity index is 1.58. The number of nitrogens with zero attached hydrogens (tertiary/aromatic N) is 2. The molecule has 0 saturated carbocycles. The number of hydrogen-bond acceptors (Lipinski definition) is 5. The Morgan fingerprint density at radius 3 is 2.19 bits per heavy atom. The number of hydrogen-bond donors (Lipinski definition) is 0. The number of piperidine rings is 1. The fraction of sp³-hybridized carbons (Fsp3) is 0.333. The lowest BCUT2D eigenvalue weighted by Crippen LogP contribution is -2.40. The topological polar surface area (TPSA) is 84.0 Å². The van der Waals surface area contributed by atoms with Crippen molar-refractivity contribution in [2.75, 3.05) is 18.0 Å². The fourth-order valence-corrected chi connectivity index (χ4v) is 3.98. The van der Waals surface area contributed by atoms with E-state index in [0.29, 0.717) is 24.3 Å². The molecule has 2 aliphatic rings. The van der Waals surface area contributed by atoms with Gasteiger partial charge in [0.2, 0.25) is 17.9 Å². The molecular formula is C24H24N2O5. The van der Waals surface area contributed by atoms with Gasteiger partial charge in [-0.25, -0.2) is 4.79 Å². The van der Waals surface area contributed by atoms with Crippen molar-refractivity contribution in [1.82, 2.24) is 4.90 Å². The van der Waals surface area contributed by atoms with Gasteiger partial charge in [-0.2, -0.15) is 0 Å². The standard InChI is InChI=1S/C24H24N2O5/c27-20-12-13-21(28)26(20)19-11-7-10-18(16-19)24(30)31-22(17-8-3-1-4-9-17)23(29)25-14-5-2-6-15-25/h1,3-4,7-11,16,22H,2,5-6,12-15H2/t22-/m1/s1. The van der Waals surface area contributed by atoms with Crippen molar-refractivity contribution in [3.8, 4) is 0 Å². The predicted molar refractivity (Wildman–Crippen MR) is 113 cm³/mol. The minimum atomic E-state index is -1.05. The Kier molecular flexibility index (Phi) is 6.11. The summed E-state index contributed by atoms with van der Waals surface area (Å²) < 4.78 is 5.69. The third-order valence-corrected chi connectivity index (χ3v) is 5.61. The number of anilines is 1. The van der Waals surface area contributed by atoms with Crippen LogP contribution in [0.3, 0.4) is 0 Å². The summed E-state index contributed by atoms with van der Waals surface area (Å²) in [4.78, 5) is 53.0. The summed E-state index contributed by atoms with van der Waals surface area (Å²) >= 11 is 0. The van der Waals surface area contributed by atoms with Gasteiger partial charge in [-0.05, 0) is 37.5 Å². The highest BCUT2D eigenvalue weighted by atomic mass is 16.5. The van der Waals surface area contributed by atoms with Crippen LogP contribution in [0.2, 0.25) is 0 Å². The molecule has 31 heavy (non-hydrogen) atoms. The third-order valence-electron chi connectivity index (χ3n) is 5.61. The molecule has 2 aromatic carbocycles. The molecule has 160 valence electrons. The Hall–Kier alpha value is -3.48. The number of carbonyl (C=O) groups is 4. The molecule has 2 aromatic rings. The first-order chi connectivity index (χ1) is 15.0. The molecule has 0 bridgehead atoms. The molecular weight excluding hydrogens is 396 g/mol. The molecule has 0 radical (unpaired) electrons. The van der Waals surface area contributed by atoms with E-state index in [1.165, 1.54) is 6.07 Å². The van der Waals surface area contributed by atoms with Crippen LogP contribution in [-0.4, -0.2) is 41.7 Å². The summed E-state index contributed by atoms with van der Waals surface area (Å²) in [6, 6.07) is 15.1. The Morgan fingerprint density at radius 2 is 1.52 bits per heavy atom. The Morgan fingerprint density at radius 1 is 0.839 bits per heavy atom. The zero-order chi connectivity index (χ0) is 21.8. The van der Waals surface area contributed by atoms with E-state index in [1.54, 1.807) is 47.4 Å². The van der Waals surface area contributed by atoms with Crippen molar-refractivity contribution in [3.05, 3.63) is 65.7 Å². The molecule has 1 atom stereocenters. The number of rotatable bonds is 5. The zero-order valence-electron chi connectivity index (χ0n) is 17.2. The van der Waals surface area contributed by atoms with E-state index < -0.39 is 12.1 Å². The van der Waals surface area contributed by atoms with E-state index in [-0.39, 0.29) is 36.1 Å². The lowest BCUT2D eigenvalue weighted by atomic mass is 10.1. The second kappa shape index (κ2) is 9.12. The summed E-state index contributed by atoms with van der Waals surface area (Å²) in [7, 11) is 0. The first-order valence-corrected chi connectivity index (χ1v) is 10.5. The van der Waals surface area contributed by atoms with Gasteiger partial charge >= 0.3 is 5.97 Å². The molecule has 0 spiro atoms. The SMILES string of the molecule is O=C(O[C@@H](C(=O)N1CCCCC1)c1ccccc1)c1cccc(N2C(=O)CCC2=O)c1. The highest BCUT2D eigenvalue weighted by molar-refractivity contribution is 6.20. The van der Waals surface area contributed by atoms with Crippen LogP contribution in [0.25, 0.3) is 0 Å². The van der Waals surface area contributed by atoms with E-state index in [1.807, 2.05) is 6.07 Å². The zero-order valence-corrected chi connectivity index (χ0v) is 17.2. The first kappa shape index (κ1) is 20.8. The van der Waals surface area contributed by atoms with Crippen LogP contribution in [0.5, 0.6) is 0 Å². The maximum atomic E-state index is 13.2. The van der Waals surface area contributed by atoms with Crippen molar-refractivity contribution in [2.45, 2.75) is 38.2 Å². The first-order valence-electron chi connectivity index (χ1n) is 10.5. The second-order valence-corrected chi connectivity index (χ2v) is 7.76. The van der Waals surface area contributed by atoms with Crippen molar-refractivity contribution in [3.63, 3.8) is 0 Å². The lowest BCUT2D eigenvalue weighted by molar-refractivity contribution is -0.142. The predicted octanol–water partition coefficient (Wildman–Crippen LogP) is 3.25. The molecule has 0 unspecified atom stereocenters. The highest BCUT2D eigenvalue weighted by Crippen LogP contribution is 2.27. The summed E-state index contributed by atoms with van der Waals surface area (Å²) in [5.41, 5.74) is 1.12. The number of amides is 3. The smallest absolute Gasteiger partial charge is 0.339 e. The molecule has 0 aromatic heterocycles. The molecule has 0 aliphatic carbocycles. The lowest BCUT2D eigenvalue weighted by Gasteiger charge is -2.30.